The monoisotopic (exact) mass is 226 g/mol. The molecule has 4 nitrogen and oxygen atoms in total. The van der Waals surface area contributed by atoms with Gasteiger partial charge in [-0.25, -0.2) is 4.39 Å². The van der Waals surface area contributed by atoms with Gasteiger partial charge >= 0.3 is 5.97 Å². The first-order valence-corrected chi connectivity index (χ1v) is 5.00. The van der Waals surface area contributed by atoms with Crippen LogP contribution >= 0.6 is 0 Å². The molecule has 0 aliphatic rings. The Balaban J connectivity index is 2.25. The molecule has 0 aliphatic heterocycles. The number of carboxylic acid groups (broad SMARTS) is 1. The summed E-state index contributed by atoms with van der Waals surface area (Å²) in [4.78, 5) is 10.3. The summed E-state index contributed by atoms with van der Waals surface area (Å²) in [6, 6.07) is 5.70. The lowest BCUT2D eigenvalue weighted by Gasteiger charge is -2.10. The molecule has 0 aliphatic carbocycles. The van der Waals surface area contributed by atoms with Gasteiger partial charge in [-0.3, -0.25) is 4.79 Å². The number of nitrogens with two attached hydrogens (primary N) is 1. The van der Waals surface area contributed by atoms with Crippen molar-refractivity contribution in [3.63, 3.8) is 0 Å². The lowest BCUT2D eigenvalue weighted by Crippen LogP contribution is -2.35. The van der Waals surface area contributed by atoms with Crippen LogP contribution in [0.4, 0.5) is 4.39 Å². The van der Waals surface area contributed by atoms with E-state index in [-0.39, 0.29) is 12.2 Å². The topological polar surface area (TPSA) is 75.3 Å². The molecule has 1 rings (SSSR count). The number of hydrogen-bond acceptors (Lipinski definition) is 3. The first-order chi connectivity index (χ1) is 7.58. The minimum absolute atomic E-state index is 0.0591. The zero-order chi connectivity index (χ0) is 12.0. The van der Waals surface area contributed by atoms with Gasteiger partial charge in [0.15, 0.2) is 0 Å². The van der Waals surface area contributed by atoms with Crippen LogP contribution in [0.2, 0.25) is 0 Å². The van der Waals surface area contributed by atoms with Crippen LogP contribution in [0, 0.1) is 5.82 Å². The first kappa shape index (κ1) is 12.6. The van der Waals surface area contributed by atoms with Crippen LogP contribution in [0.15, 0.2) is 24.3 Å². The van der Waals surface area contributed by atoms with Crippen molar-refractivity contribution in [3.05, 3.63) is 35.6 Å². The molecule has 88 valence electrons. The fourth-order valence-electron chi connectivity index (χ4n) is 1.30. The molecule has 0 saturated heterocycles. The molecule has 0 aromatic heterocycles. The van der Waals surface area contributed by atoms with E-state index in [1.165, 1.54) is 12.1 Å². The maximum absolute atomic E-state index is 12.6. The molecule has 1 aromatic rings. The van der Waals surface area contributed by atoms with Gasteiger partial charge in [0.1, 0.15) is 5.82 Å². The minimum atomic E-state index is -0.906. The van der Waals surface area contributed by atoms with E-state index in [0.717, 1.165) is 5.56 Å². The van der Waals surface area contributed by atoms with Crippen LogP contribution in [0.25, 0.3) is 0 Å². The van der Waals surface area contributed by atoms with Gasteiger partial charge in [-0.1, -0.05) is 12.1 Å². The molecule has 0 saturated carbocycles. The normalized spacial score (nSPS) is 12.4. The summed E-state index contributed by atoms with van der Waals surface area (Å²) < 4.78 is 12.6. The van der Waals surface area contributed by atoms with Gasteiger partial charge in [-0.05, 0) is 17.7 Å². The molecule has 0 spiro atoms. The van der Waals surface area contributed by atoms with Crippen molar-refractivity contribution in [3.8, 4) is 0 Å². The smallest absolute Gasteiger partial charge is 0.304 e. The largest absolute Gasteiger partial charge is 0.481 e. The summed E-state index contributed by atoms with van der Waals surface area (Å²) in [5.41, 5.74) is 6.49. The molecule has 4 N–H and O–H groups in total. The van der Waals surface area contributed by atoms with Crippen molar-refractivity contribution in [2.45, 2.75) is 19.0 Å². The van der Waals surface area contributed by atoms with Crippen molar-refractivity contribution in [1.29, 1.82) is 0 Å². The molecular formula is C11H15FN2O2. The lowest BCUT2D eigenvalue weighted by atomic mass is 10.2. The second-order valence-corrected chi connectivity index (χ2v) is 3.62. The third-order valence-electron chi connectivity index (χ3n) is 2.09. The highest BCUT2D eigenvalue weighted by Gasteiger charge is 2.06. The van der Waals surface area contributed by atoms with Crippen molar-refractivity contribution in [1.82, 2.24) is 5.32 Å². The van der Waals surface area contributed by atoms with Crippen molar-refractivity contribution in [2.24, 2.45) is 5.73 Å². The Labute approximate surface area is 93.3 Å². The van der Waals surface area contributed by atoms with Gasteiger partial charge in [-0.2, -0.15) is 0 Å². The van der Waals surface area contributed by atoms with Crippen LogP contribution in [-0.4, -0.2) is 23.7 Å². The predicted molar refractivity (Wildman–Crippen MR) is 58.3 cm³/mol. The molecule has 0 heterocycles. The molecule has 16 heavy (non-hydrogen) atoms. The number of carbonyl (C=O) groups is 1. The Bertz CT molecular complexity index is 340. The molecule has 5 heteroatoms. The van der Waals surface area contributed by atoms with Gasteiger partial charge in [0.05, 0.1) is 6.42 Å². The zero-order valence-electron chi connectivity index (χ0n) is 8.82. The molecular weight excluding hydrogens is 211 g/mol. The van der Waals surface area contributed by atoms with E-state index in [9.17, 15) is 9.18 Å². The fraction of sp³-hybridized carbons (Fsp3) is 0.364. The summed E-state index contributed by atoms with van der Waals surface area (Å²) in [5, 5.41) is 11.5. The van der Waals surface area contributed by atoms with Crippen LogP contribution in [-0.2, 0) is 11.3 Å². The standard InChI is InChI=1S/C11H15FN2O2/c12-9-3-1-8(2-4-9)6-14-7-10(13)5-11(15)16/h1-4,10,14H,5-7,13H2,(H,15,16). The number of benzene rings is 1. The SMILES string of the molecule is NC(CNCc1ccc(F)cc1)CC(=O)O. The average molecular weight is 226 g/mol. The predicted octanol–water partition coefficient (Wildman–Crippen LogP) is 0.717. The van der Waals surface area contributed by atoms with E-state index in [1.54, 1.807) is 12.1 Å². The number of rotatable bonds is 6. The van der Waals surface area contributed by atoms with E-state index in [0.29, 0.717) is 13.1 Å². The van der Waals surface area contributed by atoms with Crippen molar-refractivity contribution < 1.29 is 14.3 Å². The maximum Gasteiger partial charge on any atom is 0.304 e. The van der Waals surface area contributed by atoms with E-state index < -0.39 is 12.0 Å². The molecule has 1 aromatic carbocycles. The molecule has 0 fully saturated rings. The Morgan fingerprint density at radius 3 is 2.62 bits per heavy atom. The Hall–Kier alpha value is -1.46. The first-order valence-electron chi connectivity index (χ1n) is 5.00. The van der Waals surface area contributed by atoms with Gasteiger partial charge in [-0.15, -0.1) is 0 Å². The summed E-state index contributed by atoms with van der Waals surface area (Å²) in [5.74, 6) is -1.18. The van der Waals surface area contributed by atoms with E-state index in [2.05, 4.69) is 5.32 Å². The van der Waals surface area contributed by atoms with E-state index in [4.69, 9.17) is 10.8 Å². The van der Waals surface area contributed by atoms with Crippen LogP contribution in [0.3, 0.4) is 0 Å². The highest BCUT2D eigenvalue weighted by molar-refractivity contribution is 5.67. The van der Waals surface area contributed by atoms with Crippen molar-refractivity contribution >= 4 is 5.97 Å². The molecule has 1 unspecified atom stereocenters. The Morgan fingerprint density at radius 2 is 2.06 bits per heavy atom. The quantitative estimate of drug-likeness (QED) is 0.668. The van der Waals surface area contributed by atoms with Crippen LogP contribution in [0.5, 0.6) is 0 Å². The van der Waals surface area contributed by atoms with E-state index >= 15 is 0 Å². The number of hydrogen-bond donors (Lipinski definition) is 3. The molecule has 1 atom stereocenters. The zero-order valence-corrected chi connectivity index (χ0v) is 8.82. The van der Waals surface area contributed by atoms with Gasteiger partial charge in [0, 0.05) is 19.1 Å². The Kier molecular flexibility index (Phi) is 4.88. The fourth-order valence-corrected chi connectivity index (χ4v) is 1.30. The average Bonchev–Trinajstić information content (AvgIpc) is 2.20. The number of aliphatic carboxylic acids is 1. The summed E-state index contributed by atoms with van der Waals surface area (Å²) in [6.45, 7) is 0.970. The summed E-state index contributed by atoms with van der Waals surface area (Å²) >= 11 is 0. The van der Waals surface area contributed by atoms with E-state index in [1.807, 2.05) is 0 Å². The third kappa shape index (κ3) is 4.86. The maximum atomic E-state index is 12.6. The summed E-state index contributed by atoms with van der Waals surface area (Å²) in [7, 11) is 0. The van der Waals surface area contributed by atoms with Gasteiger partial charge in [0.2, 0.25) is 0 Å². The molecule has 0 radical (unpaired) electrons. The third-order valence-corrected chi connectivity index (χ3v) is 2.09. The minimum Gasteiger partial charge on any atom is -0.481 e. The second kappa shape index (κ2) is 6.19. The van der Waals surface area contributed by atoms with Crippen molar-refractivity contribution in [2.75, 3.05) is 6.54 Å². The molecule has 0 bridgehead atoms. The van der Waals surface area contributed by atoms with Crippen LogP contribution in [0.1, 0.15) is 12.0 Å². The number of nitrogens with one attached hydrogen (secondary N) is 1. The Morgan fingerprint density at radius 1 is 1.44 bits per heavy atom. The van der Waals surface area contributed by atoms with Gasteiger partial charge in [0.25, 0.3) is 0 Å². The van der Waals surface area contributed by atoms with Gasteiger partial charge < -0.3 is 16.2 Å². The second-order valence-electron chi connectivity index (χ2n) is 3.62. The number of halogens is 1. The lowest BCUT2D eigenvalue weighted by molar-refractivity contribution is -0.137. The van der Waals surface area contributed by atoms with Crippen LogP contribution < -0.4 is 11.1 Å². The molecule has 0 amide bonds. The number of carboxylic acids is 1. The summed E-state index contributed by atoms with van der Waals surface area (Å²) in [6.07, 6.45) is -0.0591. The highest BCUT2D eigenvalue weighted by atomic mass is 19.1. The highest BCUT2D eigenvalue weighted by Crippen LogP contribution is 2.01.